The van der Waals surface area contributed by atoms with Gasteiger partial charge in [-0.05, 0) is 43.5 Å². The fraction of sp³-hybridized carbons (Fsp3) is 0.444. The van der Waals surface area contributed by atoms with Gasteiger partial charge in [0.1, 0.15) is 0 Å². The number of rotatable bonds is 6. The molecule has 1 fully saturated rings. The fourth-order valence-electron chi connectivity index (χ4n) is 2.70. The van der Waals surface area contributed by atoms with Crippen molar-refractivity contribution in [3.05, 3.63) is 46.0 Å². The van der Waals surface area contributed by atoms with E-state index >= 15 is 0 Å². The maximum atomic E-state index is 12.0. The molecular weight excluding hydrogens is 324 g/mol. The molecule has 0 aliphatic heterocycles. The number of esters is 1. The maximum absolute atomic E-state index is 12.0. The molecule has 0 radical (unpaired) electrons. The van der Waals surface area contributed by atoms with Gasteiger partial charge in [-0.2, -0.15) is 0 Å². The van der Waals surface area contributed by atoms with Crippen molar-refractivity contribution in [1.82, 2.24) is 5.32 Å². The zero-order chi connectivity index (χ0) is 18.2. The Hall–Kier alpha value is -2.70. The van der Waals surface area contributed by atoms with Crippen molar-refractivity contribution in [2.24, 2.45) is 0 Å². The highest BCUT2D eigenvalue weighted by Gasteiger charge is 2.21. The van der Waals surface area contributed by atoms with Crippen LogP contribution in [0.4, 0.5) is 5.69 Å². The Morgan fingerprint density at radius 1 is 1.24 bits per heavy atom. The van der Waals surface area contributed by atoms with E-state index in [2.05, 4.69) is 5.32 Å². The van der Waals surface area contributed by atoms with Crippen molar-refractivity contribution in [3.8, 4) is 0 Å². The molecular formula is C18H22N2O5. The number of nitrogens with one attached hydrogen (secondary N) is 1. The summed E-state index contributed by atoms with van der Waals surface area (Å²) in [6.45, 7) is 1.54. The molecule has 1 saturated carbocycles. The Bertz CT molecular complexity index is 648. The number of benzene rings is 1. The first kappa shape index (κ1) is 18.6. The van der Waals surface area contributed by atoms with Gasteiger partial charge in [-0.1, -0.05) is 19.3 Å². The molecule has 0 unspecified atom stereocenters. The third-order valence-electron chi connectivity index (χ3n) is 4.13. The normalized spacial score (nSPS) is 16.4. The molecule has 2 rings (SSSR count). The van der Waals surface area contributed by atoms with Crippen molar-refractivity contribution in [2.45, 2.75) is 51.2 Å². The van der Waals surface area contributed by atoms with Crippen LogP contribution >= 0.6 is 0 Å². The predicted octanol–water partition coefficient (Wildman–Crippen LogP) is 2.99. The van der Waals surface area contributed by atoms with Gasteiger partial charge in [0.2, 0.25) is 0 Å². The van der Waals surface area contributed by atoms with Gasteiger partial charge in [-0.25, -0.2) is 4.79 Å². The molecule has 1 aliphatic rings. The molecule has 1 aromatic carbocycles. The summed E-state index contributed by atoms with van der Waals surface area (Å²) in [6.07, 6.45) is 7.16. The van der Waals surface area contributed by atoms with Gasteiger partial charge in [-0.3, -0.25) is 14.9 Å². The monoisotopic (exact) mass is 346 g/mol. The van der Waals surface area contributed by atoms with Crippen LogP contribution in [0.1, 0.15) is 44.6 Å². The molecule has 0 saturated heterocycles. The summed E-state index contributed by atoms with van der Waals surface area (Å²) in [6, 6.07) is 5.93. The lowest BCUT2D eigenvalue weighted by molar-refractivity contribution is -0.384. The number of amides is 1. The fourth-order valence-corrected chi connectivity index (χ4v) is 2.70. The van der Waals surface area contributed by atoms with Crippen LogP contribution in [0.5, 0.6) is 0 Å². The minimum Gasteiger partial charge on any atom is -0.449 e. The Labute approximate surface area is 146 Å². The summed E-state index contributed by atoms with van der Waals surface area (Å²) >= 11 is 0. The third-order valence-corrected chi connectivity index (χ3v) is 4.13. The maximum Gasteiger partial charge on any atom is 0.331 e. The molecule has 134 valence electrons. The van der Waals surface area contributed by atoms with Crippen molar-refractivity contribution < 1.29 is 19.2 Å². The van der Waals surface area contributed by atoms with E-state index in [1.54, 1.807) is 0 Å². The van der Waals surface area contributed by atoms with Crippen molar-refractivity contribution >= 4 is 23.6 Å². The van der Waals surface area contributed by atoms with E-state index in [-0.39, 0.29) is 17.6 Å². The number of hydrogen-bond donors (Lipinski definition) is 1. The summed E-state index contributed by atoms with van der Waals surface area (Å²) in [4.78, 5) is 33.9. The predicted molar refractivity (Wildman–Crippen MR) is 92.7 cm³/mol. The van der Waals surface area contributed by atoms with E-state index in [0.717, 1.165) is 25.7 Å². The topological polar surface area (TPSA) is 98.5 Å². The number of nitro benzene ring substituents is 1. The lowest BCUT2D eigenvalue weighted by Crippen LogP contribution is -2.42. The highest BCUT2D eigenvalue weighted by Crippen LogP contribution is 2.17. The van der Waals surface area contributed by atoms with Crippen LogP contribution < -0.4 is 5.32 Å². The molecule has 7 nitrogen and oxygen atoms in total. The number of non-ortho nitro benzene ring substituents is 1. The van der Waals surface area contributed by atoms with Crippen LogP contribution in [-0.4, -0.2) is 28.9 Å². The standard InChI is InChI=1S/C18H22N2O5/c1-13(18(22)19-15-5-3-2-4-6-15)25-17(21)12-9-14-7-10-16(11-8-14)20(23)24/h7-13,15H,2-6H2,1H3,(H,19,22)/b12-9+/t13-/m0/s1. The Balaban J connectivity index is 1.81. The van der Waals surface area contributed by atoms with Crippen molar-refractivity contribution in [2.75, 3.05) is 0 Å². The average Bonchev–Trinajstić information content (AvgIpc) is 2.61. The molecule has 1 aromatic rings. The highest BCUT2D eigenvalue weighted by molar-refractivity contribution is 5.90. The quantitative estimate of drug-likeness (QED) is 0.369. The van der Waals surface area contributed by atoms with Gasteiger partial charge in [0.05, 0.1) is 4.92 Å². The third kappa shape index (κ3) is 6.02. The van der Waals surface area contributed by atoms with Gasteiger partial charge in [0.25, 0.3) is 11.6 Å². The van der Waals surface area contributed by atoms with Crippen LogP contribution in [0.3, 0.4) is 0 Å². The molecule has 1 atom stereocenters. The second kappa shape index (κ2) is 8.96. The summed E-state index contributed by atoms with van der Waals surface area (Å²) in [5, 5.41) is 13.5. The first-order valence-electron chi connectivity index (χ1n) is 8.39. The first-order valence-corrected chi connectivity index (χ1v) is 8.39. The number of nitrogens with zero attached hydrogens (tertiary/aromatic N) is 1. The number of nitro groups is 1. The Morgan fingerprint density at radius 3 is 2.48 bits per heavy atom. The molecule has 25 heavy (non-hydrogen) atoms. The number of carbonyl (C=O) groups is 2. The minimum atomic E-state index is -0.865. The Kier molecular flexibility index (Phi) is 6.68. The summed E-state index contributed by atoms with van der Waals surface area (Å²) in [7, 11) is 0. The van der Waals surface area contributed by atoms with Crippen LogP contribution in [-0.2, 0) is 14.3 Å². The highest BCUT2D eigenvalue weighted by atomic mass is 16.6. The second-order valence-electron chi connectivity index (χ2n) is 6.10. The zero-order valence-corrected chi connectivity index (χ0v) is 14.1. The van der Waals surface area contributed by atoms with Gasteiger partial charge in [0.15, 0.2) is 6.10 Å². The Morgan fingerprint density at radius 2 is 1.88 bits per heavy atom. The second-order valence-corrected chi connectivity index (χ2v) is 6.10. The largest absolute Gasteiger partial charge is 0.449 e. The molecule has 0 heterocycles. The van der Waals surface area contributed by atoms with Crippen molar-refractivity contribution in [3.63, 3.8) is 0 Å². The van der Waals surface area contributed by atoms with Crippen molar-refractivity contribution in [1.29, 1.82) is 0 Å². The summed E-state index contributed by atoms with van der Waals surface area (Å²) in [5.41, 5.74) is 0.606. The molecule has 1 aliphatic carbocycles. The molecule has 7 heteroatoms. The van der Waals surface area contributed by atoms with Gasteiger partial charge < -0.3 is 10.1 Å². The lowest BCUT2D eigenvalue weighted by atomic mass is 9.95. The average molecular weight is 346 g/mol. The van der Waals surface area contributed by atoms with E-state index < -0.39 is 17.0 Å². The van der Waals surface area contributed by atoms with Crippen LogP contribution in [0.15, 0.2) is 30.3 Å². The minimum absolute atomic E-state index is 0.0206. The number of hydrogen-bond acceptors (Lipinski definition) is 5. The van der Waals surface area contributed by atoms with Gasteiger partial charge in [0, 0.05) is 24.3 Å². The van der Waals surface area contributed by atoms with Crippen LogP contribution in [0.25, 0.3) is 6.08 Å². The van der Waals surface area contributed by atoms with Crippen LogP contribution in [0, 0.1) is 10.1 Å². The molecule has 0 bridgehead atoms. The number of ether oxygens (including phenoxy) is 1. The SMILES string of the molecule is C[C@H](OC(=O)/C=C/c1ccc([N+](=O)[O-])cc1)C(=O)NC1CCCCC1. The molecule has 0 aromatic heterocycles. The molecule has 0 spiro atoms. The van der Waals surface area contributed by atoms with E-state index in [4.69, 9.17) is 4.74 Å². The zero-order valence-electron chi connectivity index (χ0n) is 14.1. The summed E-state index contributed by atoms with van der Waals surface area (Å²) < 4.78 is 5.09. The smallest absolute Gasteiger partial charge is 0.331 e. The van der Waals surface area contributed by atoms with E-state index in [9.17, 15) is 19.7 Å². The van der Waals surface area contributed by atoms with E-state index in [0.29, 0.717) is 5.56 Å². The first-order chi connectivity index (χ1) is 12.0. The number of carbonyl (C=O) groups excluding carboxylic acids is 2. The summed E-state index contributed by atoms with van der Waals surface area (Å²) in [5.74, 6) is -0.923. The van der Waals surface area contributed by atoms with Crippen LogP contribution in [0.2, 0.25) is 0 Å². The van der Waals surface area contributed by atoms with E-state index in [1.807, 2.05) is 0 Å². The molecule has 1 N–H and O–H groups in total. The van der Waals surface area contributed by atoms with Gasteiger partial charge in [-0.15, -0.1) is 0 Å². The lowest BCUT2D eigenvalue weighted by Gasteiger charge is -2.24. The van der Waals surface area contributed by atoms with E-state index in [1.165, 1.54) is 49.8 Å². The molecule has 1 amide bonds. The van der Waals surface area contributed by atoms with Gasteiger partial charge >= 0.3 is 5.97 Å².